The van der Waals surface area contributed by atoms with Crippen molar-refractivity contribution in [3.8, 4) is 11.1 Å². The Kier molecular flexibility index (Phi) is 3.85. The molecule has 1 aromatic carbocycles. The summed E-state index contributed by atoms with van der Waals surface area (Å²) in [7, 11) is -4.74. The van der Waals surface area contributed by atoms with Gasteiger partial charge < -0.3 is 25.7 Å². The highest BCUT2D eigenvalue weighted by molar-refractivity contribution is 7.46. The molecule has 0 bridgehead atoms. The van der Waals surface area contributed by atoms with E-state index in [0.29, 0.717) is 11.1 Å². The minimum atomic E-state index is -4.74. The van der Waals surface area contributed by atoms with Gasteiger partial charge in [-0.3, -0.25) is 4.52 Å². The van der Waals surface area contributed by atoms with Crippen LogP contribution in [0.25, 0.3) is 22.2 Å². The third-order valence-corrected chi connectivity index (χ3v) is 3.62. The van der Waals surface area contributed by atoms with Gasteiger partial charge in [-0.05, 0) is 17.7 Å². The molecule has 2 heterocycles. The van der Waals surface area contributed by atoms with Crippen LogP contribution < -0.4 is 17.2 Å². The molecule has 3 aromatic rings. The number of anilines is 2. The second-order valence-electron chi connectivity index (χ2n) is 4.75. The molecule has 0 unspecified atom stereocenters. The lowest BCUT2D eigenvalue weighted by atomic mass is 10.1. The third-order valence-electron chi connectivity index (χ3n) is 3.17. The molecule has 0 amide bonds. The quantitative estimate of drug-likeness (QED) is 0.476. The van der Waals surface area contributed by atoms with E-state index in [1.165, 1.54) is 18.3 Å². The summed E-state index contributed by atoms with van der Waals surface area (Å²) in [6.07, 6.45) is 1.42. The number of nitrogens with two attached hydrogens (primary N) is 2. The molecule has 126 valence electrons. The molecule has 12 heteroatoms. The Labute approximate surface area is 133 Å². The van der Waals surface area contributed by atoms with Crippen molar-refractivity contribution >= 4 is 30.7 Å². The van der Waals surface area contributed by atoms with E-state index in [1.54, 1.807) is 6.07 Å². The molecule has 0 saturated carbocycles. The van der Waals surface area contributed by atoms with Crippen LogP contribution in [-0.4, -0.2) is 24.3 Å². The zero-order chi connectivity index (χ0) is 17.5. The number of fused-ring (bicyclic) bond motifs is 1. The molecule has 0 aliphatic carbocycles. The number of oxazole rings is 1. The van der Waals surface area contributed by atoms with Gasteiger partial charge >= 0.3 is 13.6 Å². The van der Waals surface area contributed by atoms with Gasteiger partial charge in [-0.15, -0.1) is 0 Å². The molecule has 0 fully saturated rings. The van der Waals surface area contributed by atoms with E-state index >= 15 is 0 Å². The maximum atomic E-state index is 11.8. The monoisotopic (exact) mass is 353 g/mol. The topological polar surface area (TPSA) is 180 Å². The van der Waals surface area contributed by atoms with E-state index < -0.39 is 20.3 Å². The number of phosphoric ester groups is 1. The van der Waals surface area contributed by atoms with Crippen molar-refractivity contribution in [2.24, 2.45) is 0 Å². The van der Waals surface area contributed by atoms with Gasteiger partial charge in [-0.2, -0.15) is 4.98 Å². The molecule has 0 saturated heterocycles. The van der Waals surface area contributed by atoms with Gasteiger partial charge in [0.2, 0.25) is 5.95 Å². The largest absolute Gasteiger partial charge is 0.471 e. The summed E-state index contributed by atoms with van der Waals surface area (Å²) in [5.74, 6) is -0.657. The molecule has 11 nitrogen and oxygen atoms in total. The van der Waals surface area contributed by atoms with Crippen LogP contribution in [0.3, 0.4) is 0 Å². The molecule has 2 aromatic heterocycles. The SMILES string of the molecule is Nc1ncc(-c2ccc3oc(=O)n(COP(=O)(O)O)c3c2)c(N)n1. The second kappa shape index (κ2) is 5.73. The lowest BCUT2D eigenvalue weighted by Gasteiger charge is -2.07. The Morgan fingerprint density at radius 1 is 1.33 bits per heavy atom. The molecule has 0 spiro atoms. The van der Waals surface area contributed by atoms with E-state index in [2.05, 4.69) is 14.5 Å². The summed E-state index contributed by atoms with van der Waals surface area (Å²) in [5, 5.41) is 0. The summed E-state index contributed by atoms with van der Waals surface area (Å²) >= 11 is 0. The first-order valence-electron chi connectivity index (χ1n) is 6.46. The maximum Gasteiger partial charge on any atom is 0.471 e. The molecule has 3 rings (SSSR count). The number of phosphoric acid groups is 1. The van der Waals surface area contributed by atoms with E-state index in [-0.39, 0.29) is 22.9 Å². The summed E-state index contributed by atoms with van der Waals surface area (Å²) < 4.78 is 21.1. The van der Waals surface area contributed by atoms with Crippen LogP contribution in [0.2, 0.25) is 0 Å². The lowest BCUT2D eigenvalue weighted by Crippen LogP contribution is -2.15. The van der Waals surface area contributed by atoms with Gasteiger partial charge in [0.05, 0.1) is 5.52 Å². The van der Waals surface area contributed by atoms with Gasteiger partial charge in [0.1, 0.15) is 12.5 Å². The minimum Gasteiger partial charge on any atom is -0.408 e. The van der Waals surface area contributed by atoms with E-state index in [0.717, 1.165) is 4.57 Å². The average Bonchev–Trinajstić information content (AvgIpc) is 2.79. The van der Waals surface area contributed by atoms with Crippen LogP contribution in [0, 0.1) is 0 Å². The van der Waals surface area contributed by atoms with Crippen LogP contribution in [0.5, 0.6) is 0 Å². The summed E-state index contributed by atoms with van der Waals surface area (Å²) in [4.78, 5) is 37.1. The van der Waals surface area contributed by atoms with Crippen molar-refractivity contribution in [2.75, 3.05) is 11.5 Å². The Hall–Kier alpha value is -2.72. The normalized spacial score (nSPS) is 11.9. The number of hydrogen-bond donors (Lipinski definition) is 4. The molecule has 0 aliphatic rings. The Morgan fingerprint density at radius 2 is 2.08 bits per heavy atom. The standard InChI is InChI=1S/C12H12N5O6P/c13-10-7(4-15-11(14)16-10)6-1-2-9-8(3-6)17(12(18)23-9)5-22-24(19,20)21/h1-4H,5H2,(H2,19,20,21)(H4,13,14,15,16). The predicted molar refractivity (Wildman–Crippen MR) is 83.5 cm³/mol. The maximum absolute atomic E-state index is 11.8. The average molecular weight is 353 g/mol. The number of hydrogen-bond acceptors (Lipinski definition) is 8. The molecular weight excluding hydrogens is 341 g/mol. The van der Waals surface area contributed by atoms with Crippen molar-refractivity contribution in [1.82, 2.24) is 14.5 Å². The zero-order valence-corrected chi connectivity index (χ0v) is 12.9. The van der Waals surface area contributed by atoms with Crippen LogP contribution in [0.1, 0.15) is 0 Å². The van der Waals surface area contributed by atoms with Gasteiger partial charge in [0.25, 0.3) is 0 Å². The fourth-order valence-corrected chi connectivity index (χ4v) is 2.38. The van der Waals surface area contributed by atoms with Gasteiger partial charge in [0.15, 0.2) is 5.58 Å². The van der Waals surface area contributed by atoms with Crippen LogP contribution in [0.4, 0.5) is 11.8 Å². The van der Waals surface area contributed by atoms with Crippen molar-refractivity contribution in [2.45, 2.75) is 6.73 Å². The van der Waals surface area contributed by atoms with Crippen molar-refractivity contribution in [3.05, 3.63) is 34.9 Å². The van der Waals surface area contributed by atoms with E-state index in [1.807, 2.05) is 0 Å². The Morgan fingerprint density at radius 3 is 2.75 bits per heavy atom. The second-order valence-corrected chi connectivity index (χ2v) is 5.99. The first kappa shape index (κ1) is 16.1. The fourth-order valence-electron chi connectivity index (χ4n) is 2.12. The smallest absolute Gasteiger partial charge is 0.408 e. The molecule has 0 aliphatic heterocycles. The number of benzene rings is 1. The van der Waals surface area contributed by atoms with Gasteiger partial charge in [-0.1, -0.05) is 6.07 Å². The number of rotatable bonds is 4. The Bertz CT molecular complexity index is 1020. The molecule has 6 N–H and O–H groups in total. The van der Waals surface area contributed by atoms with E-state index in [4.69, 9.17) is 25.7 Å². The molecule has 0 radical (unpaired) electrons. The summed E-state index contributed by atoms with van der Waals surface area (Å²) in [6.45, 7) is -0.673. The highest BCUT2D eigenvalue weighted by Gasteiger charge is 2.18. The van der Waals surface area contributed by atoms with Gasteiger partial charge in [0, 0.05) is 11.8 Å². The molecule has 24 heavy (non-hydrogen) atoms. The van der Waals surface area contributed by atoms with Crippen molar-refractivity contribution in [3.63, 3.8) is 0 Å². The zero-order valence-electron chi connectivity index (χ0n) is 12.0. The van der Waals surface area contributed by atoms with Crippen molar-refractivity contribution in [1.29, 1.82) is 0 Å². The summed E-state index contributed by atoms with van der Waals surface area (Å²) in [6, 6.07) is 4.68. The fraction of sp³-hybridized carbons (Fsp3) is 0.0833. The molecular formula is C12H12N5O6P. The first-order chi connectivity index (χ1) is 11.2. The van der Waals surface area contributed by atoms with Crippen molar-refractivity contribution < 1.29 is 23.3 Å². The van der Waals surface area contributed by atoms with Crippen LogP contribution in [-0.2, 0) is 15.8 Å². The predicted octanol–water partition coefficient (Wildman–Crippen LogP) is 0.283. The Balaban J connectivity index is 2.10. The van der Waals surface area contributed by atoms with Crippen LogP contribution in [0.15, 0.2) is 33.6 Å². The first-order valence-corrected chi connectivity index (χ1v) is 7.99. The number of nitrogen functional groups attached to an aromatic ring is 2. The number of aromatic nitrogens is 3. The van der Waals surface area contributed by atoms with Crippen LogP contribution >= 0.6 is 7.82 Å². The van der Waals surface area contributed by atoms with E-state index in [9.17, 15) is 9.36 Å². The minimum absolute atomic E-state index is 0.0209. The van der Waals surface area contributed by atoms with Gasteiger partial charge in [-0.25, -0.2) is 18.9 Å². The number of nitrogens with zero attached hydrogens (tertiary/aromatic N) is 3. The lowest BCUT2D eigenvalue weighted by molar-refractivity contribution is 0.151. The highest BCUT2D eigenvalue weighted by Crippen LogP contribution is 2.36. The third kappa shape index (κ3) is 3.14. The summed E-state index contributed by atoms with van der Waals surface area (Å²) in [5.41, 5.74) is 12.8. The highest BCUT2D eigenvalue weighted by atomic mass is 31.2. The molecule has 0 atom stereocenters.